The Bertz CT molecular complexity index is 208. The summed E-state index contributed by atoms with van der Waals surface area (Å²) >= 11 is 0. The van der Waals surface area contributed by atoms with Gasteiger partial charge in [0.25, 0.3) is 0 Å². The lowest BCUT2D eigenvalue weighted by molar-refractivity contribution is -0.110. The average Bonchev–Trinajstić information content (AvgIpc) is 1.96. The van der Waals surface area contributed by atoms with Crippen LogP contribution < -0.4 is 5.32 Å². The Balaban J connectivity index is 4.24. The maximum absolute atomic E-state index is 10.6. The molecular formula is C10H19NO3. The summed E-state index contributed by atoms with van der Waals surface area (Å²) in [7, 11) is 0. The molecule has 0 aliphatic carbocycles. The Morgan fingerprint density at radius 1 is 1.50 bits per heavy atom. The van der Waals surface area contributed by atoms with E-state index >= 15 is 0 Å². The topological polar surface area (TPSA) is 66.4 Å². The molecule has 0 rings (SSSR count). The van der Waals surface area contributed by atoms with E-state index in [0.29, 0.717) is 6.29 Å². The summed E-state index contributed by atoms with van der Waals surface area (Å²) in [6.07, 6.45) is 0.309. The summed E-state index contributed by atoms with van der Waals surface area (Å²) in [4.78, 5) is 21.0. The van der Waals surface area contributed by atoms with Crippen LogP contribution in [0, 0.1) is 11.3 Å². The number of aldehydes is 1. The Hall–Kier alpha value is -1.06. The number of carbonyl (C=O) groups is 2. The zero-order valence-electron chi connectivity index (χ0n) is 9.20. The molecule has 0 aromatic rings. The highest BCUT2D eigenvalue weighted by Crippen LogP contribution is 2.25. The average molecular weight is 201 g/mol. The van der Waals surface area contributed by atoms with E-state index in [-0.39, 0.29) is 11.3 Å². The van der Waals surface area contributed by atoms with Crippen molar-refractivity contribution in [3.63, 3.8) is 0 Å². The first-order valence-corrected chi connectivity index (χ1v) is 4.71. The molecule has 0 fully saturated rings. The highest BCUT2D eigenvalue weighted by atomic mass is 16.4. The zero-order chi connectivity index (χ0) is 11.4. The Labute approximate surface area is 84.7 Å². The Morgan fingerprint density at radius 2 is 2.00 bits per heavy atom. The maximum atomic E-state index is 10.6. The lowest BCUT2D eigenvalue weighted by atomic mass is 9.82. The Morgan fingerprint density at radius 3 is 2.29 bits per heavy atom. The minimum absolute atomic E-state index is 0.0172. The van der Waals surface area contributed by atoms with E-state index in [9.17, 15) is 9.59 Å². The number of rotatable bonds is 4. The van der Waals surface area contributed by atoms with Gasteiger partial charge in [-0.2, -0.15) is 0 Å². The molecular weight excluding hydrogens is 182 g/mol. The van der Waals surface area contributed by atoms with Gasteiger partial charge < -0.3 is 15.2 Å². The van der Waals surface area contributed by atoms with Crippen molar-refractivity contribution in [1.29, 1.82) is 0 Å². The normalized spacial score (nSPS) is 15.7. The maximum Gasteiger partial charge on any atom is 0.405 e. The molecule has 0 aromatic carbocycles. The van der Waals surface area contributed by atoms with Gasteiger partial charge in [0.2, 0.25) is 0 Å². The van der Waals surface area contributed by atoms with Crippen LogP contribution in [0.25, 0.3) is 0 Å². The first-order chi connectivity index (χ1) is 6.26. The largest absolute Gasteiger partial charge is 0.465 e. The van der Waals surface area contributed by atoms with E-state index in [1.807, 2.05) is 6.92 Å². The van der Waals surface area contributed by atoms with Crippen molar-refractivity contribution in [2.45, 2.75) is 40.2 Å². The van der Waals surface area contributed by atoms with E-state index in [2.05, 4.69) is 26.1 Å². The third-order valence-electron chi connectivity index (χ3n) is 1.98. The molecule has 1 unspecified atom stereocenters. The van der Waals surface area contributed by atoms with Crippen molar-refractivity contribution >= 4 is 12.4 Å². The van der Waals surface area contributed by atoms with Gasteiger partial charge in [-0.15, -0.1) is 0 Å². The zero-order valence-corrected chi connectivity index (χ0v) is 9.20. The third kappa shape index (κ3) is 5.56. The molecule has 0 radical (unpaired) electrons. The minimum Gasteiger partial charge on any atom is -0.465 e. The number of carboxylic acid groups (broad SMARTS) is 1. The summed E-state index contributed by atoms with van der Waals surface area (Å²) in [6.45, 7) is 8.06. The second-order valence-corrected chi connectivity index (χ2v) is 4.85. The van der Waals surface area contributed by atoms with Crippen molar-refractivity contribution in [1.82, 2.24) is 5.32 Å². The first kappa shape index (κ1) is 12.9. The van der Waals surface area contributed by atoms with Crippen molar-refractivity contribution < 1.29 is 14.7 Å². The number of nitrogens with one attached hydrogen (secondary N) is 1. The van der Waals surface area contributed by atoms with Crippen molar-refractivity contribution in [3.05, 3.63) is 0 Å². The molecule has 0 saturated carbocycles. The lowest BCUT2D eigenvalue weighted by Crippen LogP contribution is -2.40. The summed E-state index contributed by atoms with van der Waals surface area (Å²) < 4.78 is 0. The standard InChI is InChI=1S/C10H19NO3/c1-7(5-10(2,3)4)8(6-12)11-9(13)14/h6-8,11H,5H2,1-4H3,(H,13,14)/t7-,8?/m0/s1. The molecule has 4 nitrogen and oxygen atoms in total. The van der Waals surface area contributed by atoms with Gasteiger partial charge >= 0.3 is 6.09 Å². The fourth-order valence-corrected chi connectivity index (χ4v) is 1.55. The highest BCUT2D eigenvalue weighted by molar-refractivity contribution is 5.71. The SMILES string of the molecule is C[C@@H](CC(C)(C)C)C(C=O)NC(=O)O. The number of hydrogen-bond donors (Lipinski definition) is 2. The van der Waals surface area contributed by atoms with Gasteiger partial charge in [-0.3, -0.25) is 0 Å². The van der Waals surface area contributed by atoms with E-state index in [4.69, 9.17) is 5.11 Å². The second kappa shape index (κ2) is 4.98. The summed E-state index contributed by atoms with van der Waals surface area (Å²) in [5.74, 6) is 0.0172. The van der Waals surface area contributed by atoms with Crippen molar-refractivity contribution in [2.24, 2.45) is 11.3 Å². The highest BCUT2D eigenvalue weighted by Gasteiger charge is 2.23. The van der Waals surface area contributed by atoms with Gasteiger partial charge in [0.1, 0.15) is 6.29 Å². The molecule has 0 saturated heterocycles. The van der Waals surface area contributed by atoms with Crippen LogP contribution in [0.5, 0.6) is 0 Å². The van der Waals surface area contributed by atoms with Crippen molar-refractivity contribution in [3.8, 4) is 0 Å². The molecule has 14 heavy (non-hydrogen) atoms. The van der Waals surface area contributed by atoms with Crippen LogP contribution in [0.3, 0.4) is 0 Å². The summed E-state index contributed by atoms with van der Waals surface area (Å²) in [5, 5.41) is 10.7. The fraction of sp³-hybridized carbons (Fsp3) is 0.800. The van der Waals surface area contributed by atoms with Crippen LogP contribution in [-0.4, -0.2) is 23.5 Å². The van der Waals surface area contributed by atoms with Gasteiger partial charge in [-0.05, 0) is 17.8 Å². The van der Waals surface area contributed by atoms with Crippen LogP contribution in [0.4, 0.5) is 4.79 Å². The fourth-order valence-electron chi connectivity index (χ4n) is 1.55. The monoisotopic (exact) mass is 201 g/mol. The summed E-state index contributed by atoms with van der Waals surface area (Å²) in [5.41, 5.74) is 0.0981. The van der Waals surface area contributed by atoms with Crippen LogP contribution in [-0.2, 0) is 4.79 Å². The predicted octanol–water partition coefficient (Wildman–Crippen LogP) is 1.89. The number of amides is 1. The minimum atomic E-state index is -1.15. The molecule has 0 spiro atoms. The first-order valence-electron chi connectivity index (χ1n) is 4.71. The van der Waals surface area contributed by atoms with Crippen LogP contribution in [0.1, 0.15) is 34.1 Å². The van der Waals surface area contributed by atoms with Gasteiger partial charge in [0, 0.05) is 0 Å². The van der Waals surface area contributed by atoms with E-state index < -0.39 is 12.1 Å². The van der Waals surface area contributed by atoms with E-state index in [1.54, 1.807) is 0 Å². The molecule has 82 valence electrons. The Kier molecular flexibility index (Phi) is 4.60. The molecule has 0 aromatic heterocycles. The molecule has 0 aliphatic heterocycles. The van der Waals surface area contributed by atoms with Gasteiger partial charge in [0.05, 0.1) is 6.04 Å². The van der Waals surface area contributed by atoms with Crippen LogP contribution in [0.2, 0.25) is 0 Å². The number of carbonyl (C=O) groups excluding carboxylic acids is 1. The van der Waals surface area contributed by atoms with Crippen molar-refractivity contribution in [2.75, 3.05) is 0 Å². The lowest BCUT2D eigenvalue weighted by Gasteiger charge is -2.26. The van der Waals surface area contributed by atoms with E-state index in [1.165, 1.54) is 0 Å². The molecule has 2 atom stereocenters. The summed E-state index contributed by atoms with van der Waals surface area (Å²) in [6, 6.07) is -0.605. The molecule has 2 N–H and O–H groups in total. The van der Waals surface area contributed by atoms with E-state index in [0.717, 1.165) is 6.42 Å². The van der Waals surface area contributed by atoms with Gasteiger partial charge in [-0.1, -0.05) is 27.7 Å². The molecule has 0 bridgehead atoms. The smallest absolute Gasteiger partial charge is 0.405 e. The molecule has 0 heterocycles. The second-order valence-electron chi connectivity index (χ2n) is 4.85. The predicted molar refractivity (Wildman–Crippen MR) is 54.2 cm³/mol. The third-order valence-corrected chi connectivity index (χ3v) is 1.98. The van der Waals surface area contributed by atoms with Crippen LogP contribution in [0.15, 0.2) is 0 Å². The van der Waals surface area contributed by atoms with Gasteiger partial charge in [-0.25, -0.2) is 4.79 Å². The quantitative estimate of drug-likeness (QED) is 0.682. The van der Waals surface area contributed by atoms with Crippen LogP contribution >= 0.6 is 0 Å². The van der Waals surface area contributed by atoms with Gasteiger partial charge in [0.15, 0.2) is 0 Å². The molecule has 4 heteroatoms. The number of hydrogen-bond acceptors (Lipinski definition) is 2. The molecule has 1 amide bonds. The molecule has 0 aliphatic rings.